The minimum atomic E-state index is -0.381. The third-order valence-corrected chi connectivity index (χ3v) is 4.26. The van der Waals surface area contributed by atoms with Crippen molar-refractivity contribution in [3.05, 3.63) is 57.5 Å². The van der Waals surface area contributed by atoms with E-state index in [1.54, 1.807) is 24.3 Å². The number of nitrogens with one attached hydrogen (secondary N) is 3. The van der Waals surface area contributed by atoms with E-state index in [9.17, 15) is 14.0 Å². The lowest BCUT2D eigenvalue weighted by Gasteiger charge is -2.11. The summed E-state index contributed by atoms with van der Waals surface area (Å²) in [5.41, 5.74) is 5.87. The quantitative estimate of drug-likeness (QED) is 0.448. The van der Waals surface area contributed by atoms with Crippen LogP contribution in [0.5, 0.6) is 0 Å². The molecule has 0 radical (unpaired) electrons. The number of hydrogen-bond acceptors (Lipinski definition) is 4. The van der Waals surface area contributed by atoms with Crippen molar-refractivity contribution in [1.82, 2.24) is 16.2 Å². The van der Waals surface area contributed by atoms with Gasteiger partial charge in [0.05, 0.1) is 9.75 Å². The number of thiophene rings is 1. The minimum absolute atomic E-state index is 0.0847. The number of amides is 1. The van der Waals surface area contributed by atoms with Gasteiger partial charge in [-0.1, -0.05) is 12.1 Å². The van der Waals surface area contributed by atoms with Crippen LogP contribution >= 0.6 is 23.6 Å². The lowest BCUT2D eigenvalue weighted by atomic mass is 10.2. The van der Waals surface area contributed by atoms with Crippen LogP contribution in [0.1, 0.15) is 31.8 Å². The molecule has 2 aromatic rings. The topological polar surface area (TPSA) is 70.2 Å². The molecule has 0 aliphatic carbocycles. The predicted octanol–water partition coefficient (Wildman–Crippen LogP) is 2.40. The molecule has 23 heavy (non-hydrogen) atoms. The molecule has 120 valence electrons. The highest BCUT2D eigenvalue weighted by Gasteiger charge is 2.11. The number of benzene rings is 1. The molecule has 0 aliphatic rings. The smallest absolute Gasteiger partial charge is 0.279 e. The first-order valence-electron chi connectivity index (χ1n) is 6.65. The van der Waals surface area contributed by atoms with E-state index in [0.29, 0.717) is 16.3 Å². The summed E-state index contributed by atoms with van der Waals surface area (Å²) in [4.78, 5) is 24.0. The molecule has 0 atom stereocenters. The standard InChI is InChI=1S/C15H14FN3O2S2/c1-9(20)12-6-7-13(23-12)14(21)18-19-15(22)17-8-10-2-4-11(16)5-3-10/h2-7H,8H2,1H3,(H,18,21)(H2,17,19,22). The summed E-state index contributed by atoms with van der Waals surface area (Å²) in [5.74, 6) is -0.769. The van der Waals surface area contributed by atoms with Crippen LogP contribution in [0.4, 0.5) is 4.39 Å². The van der Waals surface area contributed by atoms with Crippen molar-refractivity contribution in [1.29, 1.82) is 0 Å². The van der Waals surface area contributed by atoms with E-state index >= 15 is 0 Å². The van der Waals surface area contributed by atoms with Crippen molar-refractivity contribution in [2.45, 2.75) is 13.5 Å². The SMILES string of the molecule is CC(=O)c1ccc(C(=O)NNC(=S)NCc2ccc(F)cc2)s1. The van der Waals surface area contributed by atoms with Crippen LogP contribution in [-0.2, 0) is 6.54 Å². The zero-order valence-corrected chi connectivity index (χ0v) is 13.8. The zero-order valence-electron chi connectivity index (χ0n) is 12.2. The number of hydrazine groups is 1. The average Bonchev–Trinajstić information content (AvgIpc) is 3.02. The van der Waals surface area contributed by atoms with Gasteiger partial charge in [0.2, 0.25) is 0 Å². The molecule has 1 amide bonds. The van der Waals surface area contributed by atoms with Crippen molar-refractivity contribution in [3.63, 3.8) is 0 Å². The Labute approximate surface area is 141 Å². The molecule has 0 fully saturated rings. The number of rotatable bonds is 4. The Morgan fingerprint density at radius 3 is 2.35 bits per heavy atom. The molecule has 1 heterocycles. The minimum Gasteiger partial charge on any atom is -0.357 e. The first-order valence-corrected chi connectivity index (χ1v) is 7.87. The van der Waals surface area contributed by atoms with E-state index in [2.05, 4.69) is 16.2 Å². The summed E-state index contributed by atoms with van der Waals surface area (Å²) in [6, 6.07) is 9.18. The van der Waals surface area contributed by atoms with Crippen LogP contribution in [0.3, 0.4) is 0 Å². The van der Waals surface area contributed by atoms with E-state index in [1.807, 2.05) is 0 Å². The molecule has 5 nitrogen and oxygen atoms in total. The molecule has 3 N–H and O–H groups in total. The molecular formula is C15H14FN3O2S2. The van der Waals surface area contributed by atoms with E-state index in [1.165, 1.54) is 19.1 Å². The van der Waals surface area contributed by atoms with E-state index in [0.717, 1.165) is 16.9 Å². The highest BCUT2D eigenvalue weighted by atomic mass is 32.1. The second-order valence-corrected chi connectivity index (χ2v) is 6.10. The number of thiocarbonyl (C=S) groups is 1. The molecule has 8 heteroatoms. The molecular weight excluding hydrogens is 337 g/mol. The van der Waals surface area contributed by atoms with Gasteiger partial charge in [0, 0.05) is 6.54 Å². The van der Waals surface area contributed by atoms with E-state index in [-0.39, 0.29) is 22.6 Å². The van der Waals surface area contributed by atoms with Crippen LogP contribution in [0.25, 0.3) is 0 Å². The fourth-order valence-corrected chi connectivity index (χ4v) is 2.57. The largest absolute Gasteiger partial charge is 0.357 e. The Balaban J connectivity index is 1.78. The fourth-order valence-electron chi connectivity index (χ4n) is 1.65. The van der Waals surface area contributed by atoms with Gasteiger partial charge in [0.25, 0.3) is 5.91 Å². The van der Waals surface area contributed by atoms with Crippen LogP contribution in [-0.4, -0.2) is 16.8 Å². The third kappa shape index (κ3) is 5.11. The van der Waals surface area contributed by atoms with Crippen molar-refractivity contribution < 1.29 is 14.0 Å². The lowest BCUT2D eigenvalue weighted by molar-refractivity contribution is 0.0947. The summed E-state index contributed by atoms with van der Waals surface area (Å²) in [7, 11) is 0. The number of halogens is 1. The molecule has 0 bridgehead atoms. The summed E-state index contributed by atoms with van der Waals surface area (Å²) < 4.78 is 12.8. The van der Waals surface area contributed by atoms with Crippen LogP contribution in [0.15, 0.2) is 36.4 Å². The van der Waals surface area contributed by atoms with Gasteiger partial charge in [-0.25, -0.2) is 4.39 Å². The number of carbonyl (C=O) groups excluding carboxylic acids is 2. The maximum Gasteiger partial charge on any atom is 0.279 e. The summed E-state index contributed by atoms with van der Waals surface area (Å²) in [6.45, 7) is 1.84. The van der Waals surface area contributed by atoms with Crippen LogP contribution < -0.4 is 16.2 Å². The van der Waals surface area contributed by atoms with Crippen molar-refractivity contribution in [3.8, 4) is 0 Å². The average molecular weight is 351 g/mol. The van der Waals surface area contributed by atoms with Gasteiger partial charge >= 0.3 is 0 Å². The molecule has 0 saturated carbocycles. The zero-order chi connectivity index (χ0) is 16.8. The normalized spacial score (nSPS) is 10.0. The molecule has 2 rings (SSSR count). The Hall–Kier alpha value is -2.32. The van der Waals surface area contributed by atoms with Gasteiger partial charge in [-0.05, 0) is 49.0 Å². The Bertz CT molecular complexity index is 729. The second-order valence-electron chi connectivity index (χ2n) is 4.61. The van der Waals surface area contributed by atoms with Gasteiger partial charge < -0.3 is 5.32 Å². The number of ketones is 1. The molecule has 0 aliphatic heterocycles. The van der Waals surface area contributed by atoms with Crippen molar-refractivity contribution >= 4 is 40.4 Å². The highest BCUT2D eigenvalue weighted by Crippen LogP contribution is 2.16. The maximum atomic E-state index is 12.8. The number of Topliss-reactive ketones (excluding diaryl/α,β-unsaturated/α-hetero) is 1. The van der Waals surface area contributed by atoms with E-state index in [4.69, 9.17) is 12.2 Å². The number of hydrogen-bond donors (Lipinski definition) is 3. The van der Waals surface area contributed by atoms with Crippen LogP contribution in [0, 0.1) is 5.82 Å². The predicted molar refractivity (Wildman–Crippen MR) is 90.8 cm³/mol. The lowest BCUT2D eigenvalue weighted by Crippen LogP contribution is -2.46. The highest BCUT2D eigenvalue weighted by molar-refractivity contribution is 7.80. The molecule has 1 aromatic heterocycles. The summed E-state index contributed by atoms with van der Waals surface area (Å²) in [5, 5.41) is 3.11. The van der Waals surface area contributed by atoms with Gasteiger partial charge in [-0.15, -0.1) is 11.3 Å². The van der Waals surface area contributed by atoms with Gasteiger partial charge in [-0.2, -0.15) is 0 Å². The van der Waals surface area contributed by atoms with Gasteiger partial charge in [0.1, 0.15) is 5.82 Å². The monoisotopic (exact) mass is 351 g/mol. The van der Waals surface area contributed by atoms with E-state index < -0.39 is 0 Å². The summed E-state index contributed by atoms with van der Waals surface area (Å²) >= 11 is 6.14. The fraction of sp³-hybridized carbons (Fsp3) is 0.133. The Morgan fingerprint density at radius 1 is 1.09 bits per heavy atom. The Morgan fingerprint density at radius 2 is 1.74 bits per heavy atom. The Kier molecular flexibility index (Phi) is 5.78. The maximum absolute atomic E-state index is 12.8. The summed E-state index contributed by atoms with van der Waals surface area (Å²) in [6.07, 6.45) is 0. The first-order chi connectivity index (χ1) is 11.0. The number of carbonyl (C=O) groups is 2. The van der Waals surface area contributed by atoms with Gasteiger partial charge in [0.15, 0.2) is 10.9 Å². The van der Waals surface area contributed by atoms with Crippen molar-refractivity contribution in [2.24, 2.45) is 0 Å². The first kappa shape index (κ1) is 17.0. The van der Waals surface area contributed by atoms with Crippen LogP contribution in [0.2, 0.25) is 0 Å². The molecule has 0 spiro atoms. The van der Waals surface area contributed by atoms with Crippen molar-refractivity contribution in [2.75, 3.05) is 0 Å². The molecule has 1 aromatic carbocycles. The van der Waals surface area contributed by atoms with Gasteiger partial charge in [-0.3, -0.25) is 20.4 Å². The molecule has 0 saturated heterocycles. The third-order valence-electron chi connectivity index (χ3n) is 2.83. The second kappa shape index (κ2) is 7.80. The molecule has 0 unspecified atom stereocenters.